The van der Waals surface area contributed by atoms with Crippen LogP contribution in [0.1, 0.15) is 11.1 Å². The van der Waals surface area contributed by atoms with E-state index in [2.05, 4.69) is 21.2 Å². The average molecular weight is 619 g/mol. The van der Waals surface area contributed by atoms with Crippen LogP contribution in [0, 0.1) is 0 Å². The molecule has 0 spiro atoms. The summed E-state index contributed by atoms with van der Waals surface area (Å²) in [6, 6.07) is 20.4. The van der Waals surface area contributed by atoms with Crippen molar-refractivity contribution in [1.29, 1.82) is 0 Å². The van der Waals surface area contributed by atoms with E-state index in [0.29, 0.717) is 11.5 Å². The van der Waals surface area contributed by atoms with Crippen molar-refractivity contribution in [2.24, 2.45) is 0 Å². The molecule has 39 heavy (non-hydrogen) atoms. The van der Waals surface area contributed by atoms with Crippen LogP contribution in [0.15, 0.2) is 77.3 Å². The highest BCUT2D eigenvalue weighted by atomic mass is 79.9. The summed E-state index contributed by atoms with van der Waals surface area (Å²) >= 11 is 3.45. The molecule has 3 aromatic rings. The van der Waals surface area contributed by atoms with Gasteiger partial charge in [-0.3, -0.25) is 13.9 Å². The molecule has 2 amide bonds. The highest BCUT2D eigenvalue weighted by Gasteiger charge is 2.32. The molecule has 1 atom stereocenters. The third kappa shape index (κ3) is 7.96. The normalized spacial score (nSPS) is 11.8. The quantitative estimate of drug-likeness (QED) is 0.333. The van der Waals surface area contributed by atoms with E-state index >= 15 is 0 Å². The van der Waals surface area contributed by atoms with Crippen molar-refractivity contribution in [2.45, 2.75) is 19.0 Å². The summed E-state index contributed by atoms with van der Waals surface area (Å²) in [7, 11) is 0.521. The fraction of sp³-hybridized carbons (Fsp3) is 0.286. The van der Waals surface area contributed by atoms with Gasteiger partial charge in [-0.05, 0) is 35.4 Å². The summed E-state index contributed by atoms with van der Waals surface area (Å²) in [4.78, 5) is 28.5. The Hall–Kier alpha value is -3.57. The predicted molar refractivity (Wildman–Crippen MR) is 154 cm³/mol. The smallest absolute Gasteiger partial charge is 0.244 e. The highest BCUT2D eigenvalue weighted by Crippen LogP contribution is 2.32. The van der Waals surface area contributed by atoms with Crippen molar-refractivity contribution in [3.05, 3.63) is 88.4 Å². The van der Waals surface area contributed by atoms with Crippen LogP contribution in [-0.2, 0) is 32.6 Å². The minimum atomic E-state index is -3.90. The zero-order valence-corrected chi connectivity index (χ0v) is 24.7. The molecule has 0 saturated heterocycles. The lowest BCUT2D eigenvalue weighted by Gasteiger charge is -2.33. The molecule has 9 nitrogen and oxygen atoms in total. The van der Waals surface area contributed by atoms with Crippen LogP contribution in [0.25, 0.3) is 0 Å². The monoisotopic (exact) mass is 617 g/mol. The molecule has 0 saturated carbocycles. The van der Waals surface area contributed by atoms with Crippen molar-refractivity contribution < 1.29 is 27.5 Å². The van der Waals surface area contributed by atoms with E-state index < -0.39 is 28.5 Å². The molecule has 0 heterocycles. The van der Waals surface area contributed by atoms with Crippen molar-refractivity contribution in [2.75, 3.05) is 38.4 Å². The molecule has 0 aliphatic rings. The van der Waals surface area contributed by atoms with Gasteiger partial charge >= 0.3 is 0 Å². The van der Waals surface area contributed by atoms with Crippen LogP contribution in [0.2, 0.25) is 0 Å². The van der Waals surface area contributed by atoms with Crippen LogP contribution >= 0.6 is 15.9 Å². The number of methoxy groups -OCH3 is 2. The van der Waals surface area contributed by atoms with Crippen LogP contribution in [0.4, 0.5) is 5.69 Å². The molecular weight excluding hydrogens is 586 g/mol. The van der Waals surface area contributed by atoms with Crippen molar-refractivity contribution in [3.63, 3.8) is 0 Å². The number of benzene rings is 3. The van der Waals surface area contributed by atoms with Gasteiger partial charge in [-0.2, -0.15) is 0 Å². The van der Waals surface area contributed by atoms with E-state index in [1.165, 1.54) is 38.3 Å². The first-order valence-electron chi connectivity index (χ1n) is 12.1. The Labute approximate surface area is 237 Å². The largest absolute Gasteiger partial charge is 0.493 e. The number of ether oxygens (including phenoxy) is 2. The topological polar surface area (TPSA) is 105 Å². The second-order valence-electron chi connectivity index (χ2n) is 8.78. The van der Waals surface area contributed by atoms with Gasteiger partial charge in [-0.1, -0.05) is 58.4 Å². The second-order valence-corrected chi connectivity index (χ2v) is 11.6. The van der Waals surface area contributed by atoms with Gasteiger partial charge in [-0.15, -0.1) is 0 Å². The number of amides is 2. The number of sulfonamides is 1. The number of nitrogens with one attached hydrogen (secondary N) is 1. The summed E-state index contributed by atoms with van der Waals surface area (Å²) in [6.45, 7) is -0.433. The molecule has 0 radical (unpaired) electrons. The molecule has 0 fully saturated rings. The zero-order chi connectivity index (χ0) is 28.6. The van der Waals surface area contributed by atoms with Gasteiger partial charge in [0.2, 0.25) is 21.8 Å². The maximum atomic E-state index is 14.0. The third-order valence-corrected chi connectivity index (χ3v) is 7.73. The Morgan fingerprint density at radius 1 is 0.923 bits per heavy atom. The second kappa shape index (κ2) is 13.5. The van der Waals surface area contributed by atoms with Crippen molar-refractivity contribution in [3.8, 4) is 11.5 Å². The number of likely N-dealkylation sites (N-methyl/N-ethyl adjacent to an activating group) is 1. The van der Waals surface area contributed by atoms with E-state index in [4.69, 9.17) is 9.47 Å². The van der Waals surface area contributed by atoms with Gasteiger partial charge in [0, 0.05) is 30.6 Å². The molecule has 3 rings (SSSR count). The van der Waals surface area contributed by atoms with E-state index in [-0.39, 0.29) is 24.6 Å². The summed E-state index contributed by atoms with van der Waals surface area (Å²) in [5, 5.41) is 2.66. The maximum Gasteiger partial charge on any atom is 0.244 e. The van der Waals surface area contributed by atoms with E-state index in [1.54, 1.807) is 6.07 Å². The molecule has 0 aromatic heterocycles. The number of nitrogens with zero attached hydrogens (tertiary/aromatic N) is 2. The first-order valence-corrected chi connectivity index (χ1v) is 14.7. The predicted octanol–water partition coefficient (Wildman–Crippen LogP) is 3.62. The molecule has 3 aromatic carbocycles. The molecule has 1 N–H and O–H groups in total. The minimum absolute atomic E-state index is 0.0900. The van der Waals surface area contributed by atoms with E-state index in [9.17, 15) is 18.0 Å². The minimum Gasteiger partial charge on any atom is -0.493 e. The van der Waals surface area contributed by atoms with Crippen molar-refractivity contribution in [1.82, 2.24) is 10.2 Å². The fourth-order valence-electron chi connectivity index (χ4n) is 4.15. The summed E-state index contributed by atoms with van der Waals surface area (Å²) in [5.74, 6) is -0.173. The van der Waals surface area contributed by atoms with Gasteiger partial charge in [0.05, 0.1) is 26.2 Å². The van der Waals surface area contributed by atoms with Gasteiger partial charge in [0.25, 0.3) is 0 Å². The molecule has 208 valence electrons. The van der Waals surface area contributed by atoms with Crippen LogP contribution < -0.4 is 19.1 Å². The number of hydrogen-bond donors (Lipinski definition) is 1. The first kappa shape index (κ1) is 30.0. The molecule has 11 heteroatoms. The average Bonchev–Trinajstić information content (AvgIpc) is 2.92. The Morgan fingerprint density at radius 3 is 2.18 bits per heavy atom. The summed E-state index contributed by atoms with van der Waals surface area (Å²) in [5.41, 5.74) is 1.86. The zero-order valence-electron chi connectivity index (χ0n) is 22.3. The SMILES string of the molecule is CNC(=O)[C@H](Cc1ccccc1)N(Cc1cccc(Br)c1)C(=O)CN(c1ccc(OC)c(OC)c1)S(C)(=O)=O. The lowest BCUT2D eigenvalue weighted by atomic mass is 10.0. The molecule has 0 aliphatic carbocycles. The lowest BCUT2D eigenvalue weighted by molar-refractivity contribution is -0.139. The number of carbonyl (C=O) groups excluding carboxylic acids is 2. The van der Waals surface area contributed by atoms with Gasteiger partial charge in [0.15, 0.2) is 11.5 Å². The Bertz CT molecular complexity index is 1400. The van der Waals surface area contributed by atoms with Crippen LogP contribution in [-0.4, -0.2) is 65.2 Å². The Morgan fingerprint density at radius 2 is 1.59 bits per heavy atom. The molecular formula is C28H32BrN3O6S. The van der Waals surface area contributed by atoms with E-state index in [1.807, 2.05) is 54.6 Å². The third-order valence-electron chi connectivity index (χ3n) is 6.09. The Kier molecular flexibility index (Phi) is 10.4. The number of anilines is 1. The number of halogens is 1. The van der Waals surface area contributed by atoms with Crippen LogP contribution in [0.5, 0.6) is 11.5 Å². The molecule has 0 unspecified atom stereocenters. The lowest BCUT2D eigenvalue weighted by Crippen LogP contribution is -2.52. The standard InChI is InChI=1S/C28H32BrN3O6S/c1-30-28(34)24(16-20-9-6-5-7-10-20)31(18-21-11-8-12-22(29)15-21)27(33)19-32(39(4,35)36)23-13-14-25(37-2)26(17-23)38-3/h5-15,17,24H,16,18-19H2,1-4H3,(H,30,34)/t24-/m0/s1. The van der Waals surface area contributed by atoms with Gasteiger partial charge in [-0.25, -0.2) is 8.42 Å². The highest BCUT2D eigenvalue weighted by molar-refractivity contribution is 9.10. The first-order chi connectivity index (χ1) is 18.6. The van der Waals surface area contributed by atoms with Crippen LogP contribution in [0.3, 0.4) is 0 Å². The Balaban J connectivity index is 2.05. The van der Waals surface area contributed by atoms with Crippen molar-refractivity contribution >= 4 is 43.5 Å². The summed E-state index contributed by atoms with van der Waals surface area (Å²) in [6.07, 6.45) is 1.27. The molecule has 0 aliphatic heterocycles. The number of rotatable bonds is 12. The number of hydrogen-bond acceptors (Lipinski definition) is 6. The van der Waals surface area contributed by atoms with Gasteiger partial charge < -0.3 is 19.7 Å². The van der Waals surface area contributed by atoms with E-state index in [0.717, 1.165) is 26.2 Å². The summed E-state index contributed by atoms with van der Waals surface area (Å²) < 4.78 is 38.2. The number of carbonyl (C=O) groups is 2. The molecule has 0 bridgehead atoms. The fourth-order valence-corrected chi connectivity index (χ4v) is 5.43. The van der Waals surface area contributed by atoms with Gasteiger partial charge in [0.1, 0.15) is 12.6 Å². The maximum absolute atomic E-state index is 14.0.